The third-order valence-electron chi connectivity index (χ3n) is 2.92. The van der Waals surface area contributed by atoms with Crippen LogP contribution in [0.3, 0.4) is 0 Å². The van der Waals surface area contributed by atoms with Crippen LogP contribution in [0, 0.1) is 5.92 Å². The van der Waals surface area contributed by atoms with E-state index in [1.807, 2.05) is 0 Å². The van der Waals surface area contributed by atoms with E-state index in [4.69, 9.17) is 4.74 Å². The Morgan fingerprint density at radius 2 is 2.27 bits per heavy atom. The van der Waals surface area contributed by atoms with Gasteiger partial charge in [0.1, 0.15) is 0 Å². The molecule has 84 valence electrons. The van der Waals surface area contributed by atoms with E-state index in [-0.39, 0.29) is 17.9 Å². The molecule has 15 heavy (non-hydrogen) atoms. The molecule has 0 spiro atoms. The van der Waals surface area contributed by atoms with Crippen LogP contribution in [-0.2, 0) is 14.3 Å². The number of carbonyl (C=O) groups excluding carboxylic acids is 2. The van der Waals surface area contributed by atoms with Gasteiger partial charge in [0.15, 0.2) is 0 Å². The minimum Gasteiger partial charge on any atom is -0.381 e. The Morgan fingerprint density at radius 1 is 1.40 bits per heavy atom. The van der Waals surface area contributed by atoms with Gasteiger partial charge >= 0.3 is 0 Å². The zero-order valence-electron chi connectivity index (χ0n) is 8.62. The number of imide groups is 1. The minimum atomic E-state index is -0.205. The lowest BCUT2D eigenvalue weighted by atomic mass is 10.0. The Morgan fingerprint density at radius 3 is 2.93 bits per heavy atom. The highest BCUT2D eigenvalue weighted by Crippen LogP contribution is 2.12. The Hall–Kier alpha value is -0.940. The first-order valence-electron chi connectivity index (χ1n) is 5.40. The second-order valence-corrected chi connectivity index (χ2v) is 4.14. The van der Waals surface area contributed by atoms with E-state index in [0.717, 1.165) is 26.2 Å². The van der Waals surface area contributed by atoms with Gasteiger partial charge < -0.3 is 10.1 Å². The predicted octanol–water partition coefficient (Wildman–Crippen LogP) is -0.582. The van der Waals surface area contributed by atoms with Crippen LogP contribution >= 0.6 is 0 Å². The standard InChI is InChI=1S/C10H16N2O3/c13-9-2-1-8(10(14)12-9)11-5-7-3-4-15-6-7/h7-8,11H,1-6H2,(H,12,13,14). The summed E-state index contributed by atoms with van der Waals surface area (Å²) in [5.41, 5.74) is 0. The van der Waals surface area contributed by atoms with Crippen molar-refractivity contribution in [1.82, 2.24) is 10.6 Å². The van der Waals surface area contributed by atoms with Crippen LogP contribution in [0.15, 0.2) is 0 Å². The van der Waals surface area contributed by atoms with Crippen molar-refractivity contribution in [2.24, 2.45) is 5.92 Å². The lowest BCUT2D eigenvalue weighted by Gasteiger charge is -2.23. The van der Waals surface area contributed by atoms with Crippen molar-refractivity contribution in [1.29, 1.82) is 0 Å². The van der Waals surface area contributed by atoms with E-state index in [2.05, 4.69) is 10.6 Å². The van der Waals surface area contributed by atoms with Crippen molar-refractivity contribution >= 4 is 11.8 Å². The maximum Gasteiger partial charge on any atom is 0.243 e. The van der Waals surface area contributed by atoms with Gasteiger partial charge in [-0.15, -0.1) is 0 Å². The fraction of sp³-hybridized carbons (Fsp3) is 0.800. The average Bonchev–Trinajstić information content (AvgIpc) is 2.69. The van der Waals surface area contributed by atoms with E-state index in [1.165, 1.54) is 0 Å². The third-order valence-corrected chi connectivity index (χ3v) is 2.92. The molecule has 2 N–H and O–H groups in total. The molecule has 2 rings (SSSR count). The third kappa shape index (κ3) is 2.76. The molecule has 5 heteroatoms. The smallest absolute Gasteiger partial charge is 0.243 e. The van der Waals surface area contributed by atoms with Gasteiger partial charge in [-0.05, 0) is 18.8 Å². The van der Waals surface area contributed by atoms with Crippen LogP contribution in [0.2, 0.25) is 0 Å². The van der Waals surface area contributed by atoms with Gasteiger partial charge in [0.05, 0.1) is 12.6 Å². The molecule has 0 radical (unpaired) electrons. The van der Waals surface area contributed by atoms with Gasteiger partial charge in [0.25, 0.3) is 0 Å². The summed E-state index contributed by atoms with van der Waals surface area (Å²) >= 11 is 0. The normalized spacial score (nSPS) is 31.7. The van der Waals surface area contributed by atoms with Crippen LogP contribution < -0.4 is 10.6 Å². The van der Waals surface area contributed by atoms with Crippen LogP contribution in [0.5, 0.6) is 0 Å². The number of hydrogen-bond donors (Lipinski definition) is 2. The van der Waals surface area contributed by atoms with E-state index < -0.39 is 0 Å². The number of nitrogens with one attached hydrogen (secondary N) is 2. The quantitative estimate of drug-likeness (QED) is 0.614. The van der Waals surface area contributed by atoms with Gasteiger partial charge in [-0.1, -0.05) is 0 Å². The van der Waals surface area contributed by atoms with Crippen LogP contribution in [0.4, 0.5) is 0 Å². The van der Waals surface area contributed by atoms with E-state index in [9.17, 15) is 9.59 Å². The first-order valence-corrected chi connectivity index (χ1v) is 5.40. The largest absolute Gasteiger partial charge is 0.381 e. The monoisotopic (exact) mass is 212 g/mol. The number of carbonyl (C=O) groups is 2. The number of hydrogen-bond acceptors (Lipinski definition) is 4. The van der Waals surface area contributed by atoms with Gasteiger partial charge in [-0.25, -0.2) is 0 Å². The molecule has 0 saturated carbocycles. The molecule has 2 unspecified atom stereocenters. The number of ether oxygens (including phenoxy) is 1. The molecule has 0 aromatic carbocycles. The highest BCUT2D eigenvalue weighted by molar-refractivity contribution is 6.00. The second kappa shape index (κ2) is 4.72. The summed E-state index contributed by atoms with van der Waals surface area (Å²) in [7, 11) is 0. The molecule has 5 nitrogen and oxygen atoms in total. The zero-order valence-corrected chi connectivity index (χ0v) is 8.62. The van der Waals surface area contributed by atoms with Gasteiger partial charge in [-0.3, -0.25) is 14.9 Å². The average molecular weight is 212 g/mol. The number of amides is 2. The Kier molecular flexibility index (Phi) is 3.33. The van der Waals surface area contributed by atoms with Crippen molar-refractivity contribution in [2.45, 2.75) is 25.3 Å². The molecule has 2 heterocycles. The maximum absolute atomic E-state index is 11.4. The maximum atomic E-state index is 11.4. The SMILES string of the molecule is O=C1CCC(NCC2CCOC2)C(=O)N1. The van der Waals surface area contributed by atoms with Gasteiger partial charge in [0, 0.05) is 19.6 Å². The van der Waals surface area contributed by atoms with Crippen molar-refractivity contribution in [2.75, 3.05) is 19.8 Å². The molecule has 0 aromatic heterocycles. The topological polar surface area (TPSA) is 67.4 Å². The number of rotatable bonds is 3. The Labute approximate surface area is 88.5 Å². The first kappa shape index (κ1) is 10.6. The molecule has 0 aromatic rings. The van der Waals surface area contributed by atoms with Crippen LogP contribution in [0.1, 0.15) is 19.3 Å². The summed E-state index contributed by atoms with van der Waals surface area (Å²) in [5.74, 6) is 0.155. The molecule has 0 aliphatic carbocycles. The van der Waals surface area contributed by atoms with Crippen molar-refractivity contribution in [3.05, 3.63) is 0 Å². The summed E-state index contributed by atoms with van der Waals surface area (Å²) in [6, 6.07) is -0.205. The van der Waals surface area contributed by atoms with Gasteiger partial charge in [0.2, 0.25) is 11.8 Å². The summed E-state index contributed by atoms with van der Waals surface area (Å²) in [6.45, 7) is 2.40. The molecule has 2 fully saturated rings. The molecular weight excluding hydrogens is 196 g/mol. The van der Waals surface area contributed by atoms with E-state index in [0.29, 0.717) is 18.8 Å². The van der Waals surface area contributed by atoms with Crippen LogP contribution in [0.25, 0.3) is 0 Å². The molecule has 2 amide bonds. The van der Waals surface area contributed by atoms with Gasteiger partial charge in [-0.2, -0.15) is 0 Å². The highest BCUT2D eigenvalue weighted by atomic mass is 16.5. The van der Waals surface area contributed by atoms with E-state index >= 15 is 0 Å². The van der Waals surface area contributed by atoms with Crippen molar-refractivity contribution in [3.63, 3.8) is 0 Å². The molecule has 2 saturated heterocycles. The lowest BCUT2D eigenvalue weighted by Crippen LogP contribution is -2.51. The van der Waals surface area contributed by atoms with Crippen molar-refractivity contribution in [3.8, 4) is 0 Å². The summed E-state index contributed by atoms with van der Waals surface area (Å²) in [6.07, 6.45) is 2.10. The number of piperidine rings is 1. The predicted molar refractivity (Wildman–Crippen MR) is 53.1 cm³/mol. The summed E-state index contributed by atoms with van der Waals surface area (Å²) < 4.78 is 5.25. The first-order chi connectivity index (χ1) is 7.25. The molecule has 2 atom stereocenters. The minimum absolute atomic E-state index is 0.165. The fourth-order valence-corrected chi connectivity index (χ4v) is 1.94. The Balaban J connectivity index is 1.74. The molecule has 2 aliphatic heterocycles. The van der Waals surface area contributed by atoms with E-state index in [1.54, 1.807) is 0 Å². The molecule has 0 bridgehead atoms. The summed E-state index contributed by atoms with van der Waals surface area (Å²) in [5, 5.41) is 5.52. The van der Waals surface area contributed by atoms with Crippen LogP contribution in [-0.4, -0.2) is 37.6 Å². The summed E-state index contributed by atoms with van der Waals surface area (Å²) in [4.78, 5) is 22.3. The Bertz CT molecular complexity index is 261. The zero-order chi connectivity index (χ0) is 10.7. The van der Waals surface area contributed by atoms with Crippen molar-refractivity contribution < 1.29 is 14.3 Å². The molecule has 2 aliphatic rings. The highest BCUT2D eigenvalue weighted by Gasteiger charge is 2.27. The lowest BCUT2D eigenvalue weighted by molar-refractivity contribution is -0.134. The fourth-order valence-electron chi connectivity index (χ4n) is 1.94. The second-order valence-electron chi connectivity index (χ2n) is 4.14. The molecular formula is C10H16N2O3.